The molecule has 1 N–H and O–H groups in total. The number of ether oxygens (including phenoxy) is 2. The van der Waals surface area contributed by atoms with Gasteiger partial charge in [0, 0.05) is 30.2 Å². The van der Waals surface area contributed by atoms with E-state index in [1.54, 1.807) is 25.3 Å². The van der Waals surface area contributed by atoms with E-state index in [9.17, 15) is 5.11 Å². The smallest absolute Gasteiger partial charge is 0.124 e. The summed E-state index contributed by atoms with van der Waals surface area (Å²) in [6.07, 6.45) is -0.600. The Balaban J connectivity index is 2.07. The van der Waals surface area contributed by atoms with Gasteiger partial charge in [0.1, 0.15) is 5.75 Å². The Kier molecular flexibility index (Phi) is 4.83. The highest BCUT2D eigenvalue weighted by molar-refractivity contribution is 6.30. The predicted octanol–water partition coefficient (Wildman–Crippen LogP) is 1.71. The number of halogens is 1. The van der Waals surface area contributed by atoms with Crippen LogP contribution in [0.2, 0.25) is 5.02 Å². The third-order valence-corrected chi connectivity index (χ3v) is 3.32. The normalized spacial score (nSPS) is 18.6. The average Bonchev–Trinajstić information content (AvgIpc) is 2.40. The van der Waals surface area contributed by atoms with Crippen LogP contribution in [0.15, 0.2) is 18.2 Å². The molecule has 0 aromatic heterocycles. The molecule has 1 fully saturated rings. The van der Waals surface area contributed by atoms with Gasteiger partial charge in [0.2, 0.25) is 0 Å². The lowest BCUT2D eigenvalue weighted by atomic mass is 10.1. The summed E-state index contributed by atoms with van der Waals surface area (Å²) in [7, 11) is 1.59. The summed E-state index contributed by atoms with van der Waals surface area (Å²) in [4.78, 5) is 2.18. The summed E-state index contributed by atoms with van der Waals surface area (Å²) in [5, 5.41) is 10.9. The monoisotopic (exact) mass is 271 g/mol. The number of hydrogen-bond donors (Lipinski definition) is 1. The Morgan fingerprint density at radius 2 is 2.17 bits per heavy atom. The summed E-state index contributed by atoms with van der Waals surface area (Å²) in [6.45, 7) is 3.71. The third-order valence-electron chi connectivity index (χ3n) is 3.09. The Morgan fingerprint density at radius 1 is 1.44 bits per heavy atom. The number of benzene rings is 1. The lowest BCUT2D eigenvalue weighted by Gasteiger charge is -2.29. The molecule has 100 valence electrons. The van der Waals surface area contributed by atoms with Crippen LogP contribution in [-0.4, -0.2) is 50.0 Å². The number of aliphatic hydroxyl groups is 1. The van der Waals surface area contributed by atoms with Gasteiger partial charge in [-0.25, -0.2) is 0 Å². The van der Waals surface area contributed by atoms with Crippen molar-refractivity contribution < 1.29 is 14.6 Å². The minimum atomic E-state index is -0.600. The van der Waals surface area contributed by atoms with Crippen molar-refractivity contribution in [2.45, 2.75) is 6.10 Å². The molecule has 1 aliphatic heterocycles. The van der Waals surface area contributed by atoms with Crippen LogP contribution in [0.1, 0.15) is 11.7 Å². The molecule has 1 heterocycles. The van der Waals surface area contributed by atoms with E-state index in [0.717, 1.165) is 31.9 Å². The number of β-amino-alcohol motifs (C(OH)–C–C–N with tert-alkyl or cyclic N) is 1. The first-order valence-electron chi connectivity index (χ1n) is 6.02. The molecule has 0 radical (unpaired) electrons. The van der Waals surface area contributed by atoms with Crippen molar-refractivity contribution in [2.24, 2.45) is 0 Å². The Hall–Kier alpha value is -0.810. The van der Waals surface area contributed by atoms with Crippen molar-refractivity contribution in [3.8, 4) is 5.75 Å². The van der Waals surface area contributed by atoms with Gasteiger partial charge in [-0.3, -0.25) is 4.90 Å². The number of aliphatic hydroxyl groups excluding tert-OH is 1. The van der Waals surface area contributed by atoms with Gasteiger partial charge in [-0.1, -0.05) is 11.6 Å². The van der Waals surface area contributed by atoms with Crippen LogP contribution in [0.4, 0.5) is 0 Å². The zero-order chi connectivity index (χ0) is 13.0. The average molecular weight is 272 g/mol. The molecule has 0 spiro atoms. The highest BCUT2D eigenvalue weighted by Crippen LogP contribution is 2.28. The van der Waals surface area contributed by atoms with Gasteiger partial charge in [0.25, 0.3) is 0 Å². The fraction of sp³-hybridized carbons (Fsp3) is 0.538. The molecule has 1 aromatic carbocycles. The molecule has 1 saturated heterocycles. The molecular formula is C13H18ClNO3. The maximum atomic E-state index is 10.3. The van der Waals surface area contributed by atoms with E-state index in [1.807, 2.05) is 0 Å². The second-order valence-electron chi connectivity index (χ2n) is 4.32. The maximum Gasteiger partial charge on any atom is 0.124 e. The quantitative estimate of drug-likeness (QED) is 0.905. The maximum absolute atomic E-state index is 10.3. The second-order valence-corrected chi connectivity index (χ2v) is 4.75. The highest BCUT2D eigenvalue weighted by atomic mass is 35.5. The highest BCUT2D eigenvalue weighted by Gasteiger charge is 2.19. The lowest BCUT2D eigenvalue weighted by Crippen LogP contribution is -2.38. The minimum absolute atomic E-state index is 0.570. The predicted molar refractivity (Wildman–Crippen MR) is 70.2 cm³/mol. The first kappa shape index (κ1) is 13.6. The van der Waals surface area contributed by atoms with Crippen LogP contribution in [0.25, 0.3) is 0 Å². The number of methoxy groups -OCH3 is 1. The van der Waals surface area contributed by atoms with Crippen molar-refractivity contribution in [3.05, 3.63) is 28.8 Å². The van der Waals surface area contributed by atoms with Crippen LogP contribution in [0, 0.1) is 0 Å². The summed E-state index contributed by atoms with van der Waals surface area (Å²) in [5.74, 6) is 0.667. The molecule has 1 aliphatic rings. The molecule has 1 aromatic rings. The fourth-order valence-electron chi connectivity index (χ4n) is 2.09. The molecule has 0 amide bonds. The molecule has 1 unspecified atom stereocenters. The van der Waals surface area contributed by atoms with Crippen molar-refractivity contribution in [2.75, 3.05) is 40.0 Å². The van der Waals surface area contributed by atoms with Crippen molar-refractivity contribution in [3.63, 3.8) is 0 Å². The van der Waals surface area contributed by atoms with E-state index in [2.05, 4.69) is 4.90 Å². The van der Waals surface area contributed by atoms with Crippen molar-refractivity contribution in [1.29, 1.82) is 0 Å². The largest absolute Gasteiger partial charge is 0.496 e. The van der Waals surface area contributed by atoms with E-state index >= 15 is 0 Å². The molecule has 1 atom stereocenters. The standard InChI is InChI=1S/C13H18ClNO3/c1-17-13-3-2-10(14)8-11(13)12(16)9-15-4-6-18-7-5-15/h2-3,8,12,16H,4-7,9H2,1H3. The van der Waals surface area contributed by atoms with Gasteiger partial charge >= 0.3 is 0 Å². The van der Waals surface area contributed by atoms with Crippen LogP contribution in [0.3, 0.4) is 0 Å². The van der Waals surface area contributed by atoms with E-state index in [4.69, 9.17) is 21.1 Å². The van der Waals surface area contributed by atoms with Crippen molar-refractivity contribution >= 4 is 11.6 Å². The van der Waals surface area contributed by atoms with E-state index < -0.39 is 6.10 Å². The Bertz CT molecular complexity index is 394. The van der Waals surface area contributed by atoms with Gasteiger partial charge < -0.3 is 14.6 Å². The van der Waals surface area contributed by atoms with E-state index in [-0.39, 0.29) is 0 Å². The van der Waals surface area contributed by atoms with Crippen LogP contribution >= 0.6 is 11.6 Å². The molecule has 5 heteroatoms. The zero-order valence-electron chi connectivity index (χ0n) is 10.4. The van der Waals surface area contributed by atoms with Gasteiger partial charge in [0.15, 0.2) is 0 Å². The number of morpholine rings is 1. The minimum Gasteiger partial charge on any atom is -0.496 e. The Labute approximate surface area is 112 Å². The van der Waals surface area contributed by atoms with Crippen LogP contribution in [0.5, 0.6) is 5.75 Å². The SMILES string of the molecule is COc1ccc(Cl)cc1C(O)CN1CCOCC1. The lowest BCUT2D eigenvalue weighted by molar-refractivity contribution is 0.0139. The molecule has 0 saturated carbocycles. The topological polar surface area (TPSA) is 41.9 Å². The number of rotatable bonds is 4. The first-order chi connectivity index (χ1) is 8.70. The summed E-state index contributed by atoms with van der Waals surface area (Å²) >= 11 is 5.96. The molecule has 18 heavy (non-hydrogen) atoms. The summed E-state index contributed by atoms with van der Waals surface area (Å²) in [5.41, 5.74) is 0.733. The third kappa shape index (κ3) is 3.36. The molecule has 4 nitrogen and oxygen atoms in total. The van der Waals surface area contributed by atoms with Gasteiger partial charge in [-0.15, -0.1) is 0 Å². The van der Waals surface area contributed by atoms with Gasteiger partial charge in [-0.05, 0) is 18.2 Å². The molecule has 2 rings (SSSR count). The summed E-state index contributed by atoms with van der Waals surface area (Å²) < 4.78 is 10.5. The van der Waals surface area contributed by atoms with Gasteiger partial charge in [-0.2, -0.15) is 0 Å². The van der Waals surface area contributed by atoms with E-state index in [1.165, 1.54) is 0 Å². The van der Waals surface area contributed by atoms with Crippen LogP contribution < -0.4 is 4.74 Å². The summed E-state index contributed by atoms with van der Waals surface area (Å²) in [6, 6.07) is 5.29. The van der Waals surface area contributed by atoms with Crippen molar-refractivity contribution in [1.82, 2.24) is 4.90 Å². The van der Waals surface area contributed by atoms with E-state index in [0.29, 0.717) is 17.3 Å². The molecule has 0 bridgehead atoms. The first-order valence-corrected chi connectivity index (χ1v) is 6.40. The Morgan fingerprint density at radius 3 is 2.83 bits per heavy atom. The molecule has 0 aliphatic carbocycles. The zero-order valence-corrected chi connectivity index (χ0v) is 11.2. The number of hydrogen-bond acceptors (Lipinski definition) is 4. The second kappa shape index (κ2) is 6.38. The fourth-order valence-corrected chi connectivity index (χ4v) is 2.27. The molecular weight excluding hydrogens is 254 g/mol. The van der Waals surface area contributed by atoms with Gasteiger partial charge in [0.05, 0.1) is 26.4 Å². The van der Waals surface area contributed by atoms with Crippen LogP contribution in [-0.2, 0) is 4.74 Å². The number of nitrogens with zero attached hydrogens (tertiary/aromatic N) is 1.